The number of rotatable bonds is 5. The summed E-state index contributed by atoms with van der Waals surface area (Å²) in [6.07, 6.45) is 6.33. The maximum atomic E-state index is 14.1. The minimum Gasteiger partial charge on any atom is -0.348 e. The Morgan fingerprint density at radius 2 is 1.90 bits per heavy atom. The third-order valence-corrected chi connectivity index (χ3v) is 6.37. The number of carbonyl (C=O) groups excluding carboxylic acids is 1. The Morgan fingerprint density at radius 3 is 2.63 bits per heavy atom. The van der Waals surface area contributed by atoms with Crippen LogP contribution in [0.3, 0.4) is 0 Å². The van der Waals surface area contributed by atoms with Gasteiger partial charge in [-0.3, -0.25) is 9.20 Å². The van der Waals surface area contributed by atoms with Crippen LogP contribution >= 0.6 is 0 Å². The number of fused-ring (bicyclic) bond motifs is 1. The molecule has 0 saturated carbocycles. The van der Waals surface area contributed by atoms with Gasteiger partial charge in [0, 0.05) is 31.3 Å². The standard InChI is InChI=1S/C21H17FN4O3S/c1-14-2-7-19(18(22)10-14)30(28,29)17-5-3-15(4-6-17)11-24-20(27)16-12-25-21-23-8-9-26(21)13-16/h2-10,12-13H,11H2,1H3,(H,24,27). The molecule has 9 heteroatoms. The lowest BCUT2D eigenvalue weighted by atomic mass is 10.2. The third kappa shape index (κ3) is 3.79. The van der Waals surface area contributed by atoms with E-state index in [1.54, 1.807) is 48.1 Å². The van der Waals surface area contributed by atoms with Crippen molar-refractivity contribution >= 4 is 21.5 Å². The molecule has 0 unspecified atom stereocenters. The molecule has 0 aliphatic carbocycles. The highest BCUT2D eigenvalue weighted by Crippen LogP contribution is 2.24. The number of aromatic nitrogens is 3. The van der Waals surface area contributed by atoms with E-state index in [9.17, 15) is 17.6 Å². The molecule has 30 heavy (non-hydrogen) atoms. The summed E-state index contributed by atoms with van der Waals surface area (Å²) in [5, 5.41) is 2.76. The summed E-state index contributed by atoms with van der Waals surface area (Å²) in [5.74, 6) is -0.611. The molecule has 0 bridgehead atoms. The number of hydrogen-bond acceptors (Lipinski definition) is 5. The monoisotopic (exact) mass is 424 g/mol. The average molecular weight is 424 g/mol. The van der Waals surface area contributed by atoms with E-state index in [4.69, 9.17) is 0 Å². The fourth-order valence-electron chi connectivity index (χ4n) is 2.96. The first kappa shape index (κ1) is 19.7. The van der Waals surface area contributed by atoms with Crippen LogP contribution in [0.15, 0.2) is 77.0 Å². The smallest absolute Gasteiger partial charge is 0.254 e. The molecule has 0 spiro atoms. The lowest BCUT2D eigenvalue weighted by Crippen LogP contribution is -2.23. The van der Waals surface area contributed by atoms with Crippen LogP contribution in [0.2, 0.25) is 0 Å². The van der Waals surface area contributed by atoms with Crippen molar-refractivity contribution in [3.05, 3.63) is 89.8 Å². The zero-order valence-corrected chi connectivity index (χ0v) is 16.7. The van der Waals surface area contributed by atoms with E-state index in [-0.39, 0.29) is 22.2 Å². The van der Waals surface area contributed by atoms with E-state index in [0.717, 1.165) is 0 Å². The number of halogens is 1. The molecule has 4 aromatic rings. The quantitative estimate of drug-likeness (QED) is 0.532. The number of imidazole rings is 1. The molecule has 0 aliphatic heterocycles. The predicted molar refractivity (Wildman–Crippen MR) is 107 cm³/mol. The Bertz CT molecular complexity index is 1350. The Hall–Kier alpha value is -3.59. The number of amides is 1. The number of hydrogen-bond donors (Lipinski definition) is 1. The van der Waals surface area contributed by atoms with Crippen molar-refractivity contribution in [3.8, 4) is 0 Å². The van der Waals surface area contributed by atoms with Crippen LogP contribution in [0.1, 0.15) is 21.5 Å². The van der Waals surface area contributed by atoms with E-state index >= 15 is 0 Å². The second kappa shape index (κ2) is 7.68. The maximum absolute atomic E-state index is 14.1. The van der Waals surface area contributed by atoms with Crippen molar-refractivity contribution < 1.29 is 17.6 Å². The van der Waals surface area contributed by atoms with Gasteiger partial charge in [0.15, 0.2) is 0 Å². The van der Waals surface area contributed by atoms with Crippen LogP contribution in [0.25, 0.3) is 5.78 Å². The fraction of sp³-hybridized carbons (Fsp3) is 0.0952. The lowest BCUT2D eigenvalue weighted by Gasteiger charge is -2.09. The largest absolute Gasteiger partial charge is 0.348 e. The Morgan fingerprint density at radius 1 is 1.13 bits per heavy atom. The van der Waals surface area contributed by atoms with Gasteiger partial charge in [-0.25, -0.2) is 22.8 Å². The summed E-state index contributed by atoms with van der Waals surface area (Å²) in [7, 11) is -3.97. The van der Waals surface area contributed by atoms with Crippen molar-refractivity contribution in [2.75, 3.05) is 0 Å². The Labute approximate surface area is 172 Å². The van der Waals surface area contributed by atoms with Crippen molar-refractivity contribution in [1.82, 2.24) is 19.7 Å². The zero-order chi connectivity index (χ0) is 21.3. The molecular formula is C21H17FN4O3S. The van der Waals surface area contributed by atoms with E-state index in [2.05, 4.69) is 15.3 Å². The van der Waals surface area contributed by atoms with Gasteiger partial charge in [-0.05, 0) is 42.3 Å². The highest BCUT2D eigenvalue weighted by atomic mass is 32.2. The predicted octanol–water partition coefficient (Wildman–Crippen LogP) is 2.94. The summed E-state index contributed by atoms with van der Waals surface area (Å²) < 4.78 is 41.1. The molecule has 2 heterocycles. The number of sulfone groups is 1. The van der Waals surface area contributed by atoms with Crippen LogP contribution in [-0.2, 0) is 16.4 Å². The molecule has 4 rings (SSSR count). The van der Waals surface area contributed by atoms with Crippen molar-refractivity contribution in [2.24, 2.45) is 0 Å². The van der Waals surface area contributed by atoms with Crippen molar-refractivity contribution in [3.63, 3.8) is 0 Å². The molecule has 0 atom stereocenters. The molecule has 7 nitrogen and oxygen atoms in total. The third-order valence-electron chi connectivity index (χ3n) is 4.57. The second-order valence-electron chi connectivity index (χ2n) is 6.74. The summed E-state index contributed by atoms with van der Waals surface area (Å²) in [5.41, 5.74) is 1.71. The van der Waals surface area contributed by atoms with Gasteiger partial charge in [0.1, 0.15) is 10.7 Å². The zero-order valence-electron chi connectivity index (χ0n) is 15.9. The van der Waals surface area contributed by atoms with E-state index in [1.807, 2.05) is 0 Å². The molecular weight excluding hydrogens is 407 g/mol. The minimum absolute atomic E-state index is 0.0184. The van der Waals surface area contributed by atoms with Gasteiger partial charge < -0.3 is 5.32 Å². The molecule has 2 aromatic heterocycles. The van der Waals surface area contributed by atoms with E-state index in [0.29, 0.717) is 22.5 Å². The molecule has 1 amide bonds. The van der Waals surface area contributed by atoms with E-state index in [1.165, 1.54) is 30.5 Å². The SMILES string of the molecule is Cc1ccc(S(=O)(=O)c2ccc(CNC(=O)c3cnc4nccn4c3)cc2)c(F)c1. The van der Waals surface area contributed by atoms with Gasteiger partial charge >= 0.3 is 0 Å². The lowest BCUT2D eigenvalue weighted by molar-refractivity contribution is 0.0950. The number of nitrogens with one attached hydrogen (secondary N) is 1. The molecule has 152 valence electrons. The Kier molecular flexibility index (Phi) is 5.04. The average Bonchev–Trinajstić information content (AvgIpc) is 3.20. The van der Waals surface area contributed by atoms with Gasteiger partial charge in [0.25, 0.3) is 5.91 Å². The van der Waals surface area contributed by atoms with Crippen LogP contribution in [-0.4, -0.2) is 28.7 Å². The molecule has 0 radical (unpaired) electrons. The van der Waals surface area contributed by atoms with Crippen molar-refractivity contribution in [2.45, 2.75) is 23.3 Å². The second-order valence-corrected chi connectivity index (χ2v) is 8.66. The number of benzene rings is 2. The number of carbonyl (C=O) groups is 1. The normalized spacial score (nSPS) is 11.5. The van der Waals surface area contributed by atoms with Gasteiger partial charge in [-0.1, -0.05) is 18.2 Å². The van der Waals surface area contributed by atoms with Crippen LogP contribution in [0.5, 0.6) is 0 Å². The van der Waals surface area contributed by atoms with Crippen LogP contribution < -0.4 is 5.32 Å². The maximum Gasteiger partial charge on any atom is 0.254 e. The first-order chi connectivity index (χ1) is 14.3. The molecule has 0 fully saturated rings. The van der Waals surface area contributed by atoms with Crippen LogP contribution in [0.4, 0.5) is 4.39 Å². The highest BCUT2D eigenvalue weighted by Gasteiger charge is 2.21. The van der Waals surface area contributed by atoms with Gasteiger partial charge in [0.05, 0.1) is 10.5 Å². The Balaban J connectivity index is 1.47. The van der Waals surface area contributed by atoms with Crippen molar-refractivity contribution in [1.29, 1.82) is 0 Å². The molecule has 1 N–H and O–H groups in total. The highest BCUT2D eigenvalue weighted by molar-refractivity contribution is 7.91. The summed E-state index contributed by atoms with van der Waals surface area (Å²) in [6.45, 7) is 1.88. The van der Waals surface area contributed by atoms with E-state index < -0.39 is 15.7 Å². The fourth-order valence-corrected chi connectivity index (χ4v) is 4.27. The number of aryl methyl sites for hydroxylation is 1. The van der Waals surface area contributed by atoms with Gasteiger partial charge in [0.2, 0.25) is 15.6 Å². The minimum atomic E-state index is -3.97. The first-order valence-electron chi connectivity index (χ1n) is 9.02. The summed E-state index contributed by atoms with van der Waals surface area (Å²) in [6, 6.07) is 9.96. The molecule has 0 saturated heterocycles. The number of nitrogens with zero attached hydrogens (tertiary/aromatic N) is 3. The van der Waals surface area contributed by atoms with Gasteiger partial charge in [-0.2, -0.15) is 0 Å². The summed E-state index contributed by atoms with van der Waals surface area (Å²) >= 11 is 0. The summed E-state index contributed by atoms with van der Waals surface area (Å²) in [4.78, 5) is 20.1. The molecule has 0 aliphatic rings. The first-order valence-corrected chi connectivity index (χ1v) is 10.5. The van der Waals surface area contributed by atoms with Gasteiger partial charge in [-0.15, -0.1) is 0 Å². The molecule has 2 aromatic carbocycles. The topological polar surface area (TPSA) is 93.4 Å². The van der Waals surface area contributed by atoms with Crippen LogP contribution in [0, 0.1) is 12.7 Å².